The molecule has 0 radical (unpaired) electrons. The van der Waals surface area contributed by atoms with Crippen molar-refractivity contribution in [3.05, 3.63) is 126 Å². The number of rotatable bonds is 13. The van der Waals surface area contributed by atoms with E-state index < -0.39 is 34.3 Å². The zero-order valence-electron chi connectivity index (χ0n) is 25.7. The van der Waals surface area contributed by atoms with Crippen LogP contribution in [0.15, 0.2) is 114 Å². The summed E-state index contributed by atoms with van der Waals surface area (Å²) >= 11 is 0. The Labute approximate surface area is 269 Å². The van der Waals surface area contributed by atoms with Crippen LogP contribution >= 0.6 is 0 Å². The first-order valence-corrected chi connectivity index (χ1v) is 16.8. The van der Waals surface area contributed by atoms with E-state index in [1.165, 1.54) is 30.2 Å². The van der Waals surface area contributed by atoms with Crippen LogP contribution in [0.4, 0.5) is 10.1 Å². The van der Waals surface area contributed by atoms with Crippen LogP contribution in [0.25, 0.3) is 0 Å². The van der Waals surface area contributed by atoms with Gasteiger partial charge in [-0.15, -0.1) is 0 Å². The first-order valence-electron chi connectivity index (χ1n) is 15.4. The van der Waals surface area contributed by atoms with Crippen molar-refractivity contribution >= 4 is 27.5 Å². The number of carbonyl (C=O) groups excluding carboxylic acids is 2. The lowest BCUT2D eigenvalue weighted by Crippen LogP contribution is -2.54. The summed E-state index contributed by atoms with van der Waals surface area (Å²) in [7, 11) is -2.74. The smallest absolute Gasteiger partial charge is 0.264 e. The highest BCUT2D eigenvalue weighted by Crippen LogP contribution is 2.27. The van der Waals surface area contributed by atoms with Crippen molar-refractivity contribution in [3.8, 4) is 5.75 Å². The summed E-state index contributed by atoms with van der Waals surface area (Å²) in [6.45, 7) is -0.858. The fourth-order valence-corrected chi connectivity index (χ4v) is 7.16. The van der Waals surface area contributed by atoms with E-state index in [4.69, 9.17) is 4.74 Å². The lowest BCUT2D eigenvalue weighted by molar-refractivity contribution is -0.140. The molecule has 4 aromatic carbocycles. The zero-order valence-corrected chi connectivity index (χ0v) is 26.5. The second-order valence-corrected chi connectivity index (χ2v) is 13.2. The predicted octanol–water partition coefficient (Wildman–Crippen LogP) is 5.73. The molecule has 1 aliphatic carbocycles. The number of ether oxygens (including phenoxy) is 1. The zero-order chi connectivity index (χ0) is 32.5. The van der Waals surface area contributed by atoms with Gasteiger partial charge in [0.05, 0.1) is 17.7 Å². The lowest BCUT2D eigenvalue weighted by atomic mass is 10.0. The molecule has 5 rings (SSSR count). The third-order valence-corrected chi connectivity index (χ3v) is 10.0. The van der Waals surface area contributed by atoms with Gasteiger partial charge < -0.3 is 15.0 Å². The van der Waals surface area contributed by atoms with Crippen molar-refractivity contribution in [1.82, 2.24) is 10.2 Å². The number of sulfonamides is 1. The molecule has 0 aromatic heterocycles. The highest BCUT2D eigenvalue weighted by atomic mass is 32.2. The van der Waals surface area contributed by atoms with E-state index in [0.717, 1.165) is 35.6 Å². The summed E-state index contributed by atoms with van der Waals surface area (Å²) in [5.41, 5.74) is 1.26. The number of nitrogens with one attached hydrogen (secondary N) is 1. The average molecular weight is 644 g/mol. The van der Waals surface area contributed by atoms with Crippen LogP contribution in [-0.2, 0) is 32.6 Å². The van der Waals surface area contributed by atoms with Crippen LogP contribution < -0.4 is 14.4 Å². The maximum atomic E-state index is 15.1. The molecule has 0 heterocycles. The van der Waals surface area contributed by atoms with Crippen LogP contribution in [0.2, 0.25) is 0 Å². The Morgan fingerprint density at radius 2 is 1.48 bits per heavy atom. The van der Waals surface area contributed by atoms with Gasteiger partial charge in [0.15, 0.2) is 0 Å². The van der Waals surface area contributed by atoms with Gasteiger partial charge in [0.25, 0.3) is 10.0 Å². The van der Waals surface area contributed by atoms with E-state index in [-0.39, 0.29) is 41.1 Å². The standard InChI is InChI=1S/C36H38FN3O5S/c1-45-31-22-20-30(21-23-31)40(46(43,44)32-17-6-3-7-18-32)26-35(41)39(25-28-14-8-11-19-33(28)37)34(24-27-12-4-2-5-13-27)36(42)38-29-15-9-10-16-29/h2-8,11-14,17-23,29,34H,9-10,15-16,24-26H2,1H3,(H,38,42)/t34-/m1/s1. The van der Waals surface area contributed by atoms with Crippen LogP contribution in [0.5, 0.6) is 5.75 Å². The highest BCUT2D eigenvalue weighted by molar-refractivity contribution is 7.92. The number of hydrogen-bond donors (Lipinski definition) is 1. The minimum atomic E-state index is -4.24. The Kier molecular flexibility index (Phi) is 10.7. The SMILES string of the molecule is COc1ccc(N(CC(=O)N(Cc2ccccc2F)[C@H](Cc2ccccc2)C(=O)NC2CCCC2)S(=O)(=O)c2ccccc2)cc1. The summed E-state index contributed by atoms with van der Waals surface area (Å²) in [4.78, 5) is 29.8. The molecule has 1 fully saturated rings. The summed E-state index contributed by atoms with van der Waals surface area (Å²) in [5.74, 6) is -1.03. The molecule has 1 atom stereocenters. The third-order valence-electron chi connectivity index (χ3n) is 8.24. The number of amides is 2. The van der Waals surface area contributed by atoms with Gasteiger partial charge in [0.2, 0.25) is 11.8 Å². The number of hydrogen-bond acceptors (Lipinski definition) is 5. The fourth-order valence-electron chi connectivity index (χ4n) is 5.73. The van der Waals surface area contributed by atoms with Crippen molar-refractivity contribution in [2.24, 2.45) is 0 Å². The topological polar surface area (TPSA) is 96.0 Å². The average Bonchev–Trinajstić information content (AvgIpc) is 3.60. The summed E-state index contributed by atoms with van der Waals surface area (Å²) in [5, 5.41) is 3.12. The van der Waals surface area contributed by atoms with E-state index in [0.29, 0.717) is 5.75 Å². The summed E-state index contributed by atoms with van der Waals surface area (Å²) < 4.78 is 49.5. The van der Waals surface area contributed by atoms with Gasteiger partial charge in [-0.25, -0.2) is 12.8 Å². The maximum Gasteiger partial charge on any atom is 0.264 e. The summed E-state index contributed by atoms with van der Waals surface area (Å²) in [6, 6.07) is 28.5. The second-order valence-electron chi connectivity index (χ2n) is 11.3. The van der Waals surface area contributed by atoms with Crippen LogP contribution in [0, 0.1) is 5.82 Å². The second kappa shape index (κ2) is 15.1. The van der Waals surface area contributed by atoms with Gasteiger partial charge in [0.1, 0.15) is 24.2 Å². The van der Waals surface area contributed by atoms with E-state index >= 15 is 4.39 Å². The predicted molar refractivity (Wildman–Crippen MR) is 175 cm³/mol. The monoisotopic (exact) mass is 643 g/mol. The van der Waals surface area contributed by atoms with E-state index in [1.54, 1.807) is 60.7 Å². The minimum Gasteiger partial charge on any atom is -0.497 e. The van der Waals surface area contributed by atoms with Gasteiger partial charge in [0, 0.05) is 24.6 Å². The van der Waals surface area contributed by atoms with Crippen LogP contribution in [0.1, 0.15) is 36.8 Å². The molecule has 0 spiro atoms. The maximum absolute atomic E-state index is 15.1. The molecule has 4 aromatic rings. The normalized spacial score (nSPS) is 14.0. The van der Waals surface area contributed by atoms with Crippen molar-refractivity contribution in [1.29, 1.82) is 0 Å². The van der Waals surface area contributed by atoms with E-state index in [1.807, 2.05) is 30.3 Å². The van der Waals surface area contributed by atoms with Gasteiger partial charge in [-0.1, -0.05) is 79.6 Å². The number of methoxy groups -OCH3 is 1. The third kappa shape index (κ3) is 7.92. The molecule has 8 nitrogen and oxygen atoms in total. The molecular weight excluding hydrogens is 605 g/mol. The molecule has 46 heavy (non-hydrogen) atoms. The Bertz CT molecular complexity index is 1710. The quantitative estimate of drug-likeness (QED) is 0.201. The molecule has 2 amide bonds. The van der Waals surface area contributed by atoms with Gasteiger partial charge in [-0.2, -0.15) is 0 Å². The molecule has 1 aliphatic rings. The van der Waals surface area contributed by atoms with E-state index in [2.05, 4.69) is 5.32 Å². The van der Waals surface area contributed by atoms with Crippen molar-refractivity contribution < 1.29 is 27.1 Å². The lowest BCUT2D eigenvalue weighted by Gasteiger charge is -2.34. The highest BCUT2D eigenvalue weighted by Gasteiger charge is 2.36. The Morgan fingerprint density at radius 3 is 2.11 bits per heavy atom. The molecule has 10 heteroatoms. The Hall–Kier alpha value is -4.70. The number of anilines is 1. The number of halogens is 1. The van der Waals surface area contributed by atoms with E-state index in [9.17, 15) is 18.0 Å². The first kappa shape index (κ1) is 32.7. The molecule has 0 bridgehead atoms. The molecule has 1 saturated carbocycles. The first-order chi connectivity index (χ1) is 22.3. The molecule has 0 saturated heterocycles. The van der Waals surface area contributed by atoms with Gasteiger partial charge in [-0.3, -0.25) is 13.9 Å². The molecule has 0 aliphatic heterocycles. The van der Waals surface area contributed by atoms with Crippen molar-refractivity contribution in [2.75, 3.05) is 18.0 Å². The van der Waals surface area contributed by atoms with Crippen molar-refractivity contribution in [3.63, 3.8) is 0 Å². The summed E-state index contributed by atoms with van der Waals surface area (Å²) in [6.07, 6.45) is 3.84. The van der Waals surface area contributed by atoms with Crippen LogP contribution in [0.3, 0.4) is 0 Å². The van der Waals surface area contributed by atoms with Crippen molar-refractivity contribution in [2.45, 2.75) is 55.6 Å². The Morgan fingerprint density at radius 1 is 0.870 bits per heavy atom. The van der Waals surface area contributed by atoms with Crippen LogP contribution in [-0.4, -0.2) is 50.9 Å². The molecule has 1 N–H and O–H groups in total. The molecule has 240 valence electrons. The molecular formula is C36H38FN3O5S. The molecule has 0 unspecified atom stereocenters. The van der Waals surface area contributed by atoms with Gasteiger partial charge >= 0.3 is 0 Å². The minimum absolute atomic E-state index is 0.000848. The Balaban J connectivity index is 1.56. The number of carbonyl (C=O) groups is 2. The number of nitrogens with zero attached hydrogens (tertiary/aromatic N) is 2. The van der Waals surface area contributed by atoms with Gasteiger partial charge in [-0.05, 0) is 60.9 Å². The largest absolute Gasteiger partial charge is 0.497 e. The number of benzene rings is 4. The fraction of sp³-hybridized carbons (Fsp3) is 0.278.